The Kier molecular flexibility index (Phi) is 5.70. The highest BCUT2D eigenvalue weighted by atomic mass is 16.5. The van der Waals surface area contributed by atoms with E-state index in [9.17, 15) is 4.79 Å². The van der Waals surface area contributed by atoms with E-state index in [-0.39, 0.29) is 0 Å². The number of carbonyl (C=O) groups excluding carboxylic acids is 1. The van der Waals surface area contributed by atoms with Gasteiger partial charge in [0.1, 0.15) is 12.9 Å². The van der Waals surface area contributed by atoms with Crippen molar-refractivity contribution in [3.63, 3.8) is 0 Å². The second kappa shape index (κ2) is 7.17. The Balaban J connectivity index is 2.23. The zero-order valence-corrected chi connectivity index (χ0v) is 9.07. The number of nitrogens with zero attached hydrogens (tertiary/aromatic N) is 1. The lowest BCUT2D eigenvalue weighted by atomic mass is 10.2. The molecule has 0 aromatic carbocycles. The van der Waals surface area contributed by atoms with Gasteiger partial charge in [0.25, 0.3) is 0 Å². The zero-order valence-electron chi connectivity index (χ0n) is 9.07. The molecule has 84 valence electrons. The van der Waals surface area contributed by atoms with Crippen molar-refractivity contribution in [2.75, 3.05) is 6.61 Å². The molecule has 1 aromatic rings. The molecule has 15 heavy (non-hydrogen) atoms. The third kappa shape index (κ3) is 4.74. The molecule has 4 nitrogen and oxygen atoms in total. The van der Waals surface area contributed by atoms with Crippen molar-refractivity contribution in [2.45, 2.75) is 39.2 Å². The summed E-state index contributed by atoms with van der Waals surface area (Å²) in [5.41, 5.74) is 0.978. The number of carbonyl (C=O) groups is 1. The summed E-state index contributed by atoms with van der Waals surface area (Å²) in [6.45, 7) is 2.98. The molecule has 1 aromatic heterocycles. The topological polar surface area (TPSA) is 52.3 Å². The van der Waals surface area contributed by atoms with Crippen LogP contribution in [0.15, 0.2) is 10.6 Å². The lowest BCUT2D eigenvalue weighted by Gasteiger charge is -1.95. The van der Waals surface area contributed by atoms with Crippen LogP contribution in [0.3, 0.4) is 0 Å². The van der Waals surface area contributed by atoms with E-state index in [2.05, 4.69) is 12.1 Å². The maximum atomic E-state index is 10.0. The lowest BCUT2D eigenvalue weighted by molar-refractivity contribution is -0.108. The van der Waals surface area contributed by atoms with Crippen LogP contribution in [0.1, 0.15) is 37.6 Å². The van der Waals surface area contributed by atoms with E-state index in [0.29, 0.717) is 19.6 Å². The number of unbranched alkanes of at least 4 members (excludes halogenated alkanes) is 1. The van der Waals surface area contributed by atoms with Crippen molar-refractivity contribution in [1.29, 1.82) is 0 Å². The fraction of sp³-hybridized carbons (Fsp3) is 0.636. The van der Waals surface area contributed by atoms with Crippen LogP contribution < -0.4 is 0 Å². The minimum Gasteiger partial charge on any atom is -0.373 e. The number of aldehydes is 1. The number of ether oxygens (including phenoxy) is 1. The molecule has 0 atom stereocenters. The van der Waals surface area contributed by atoms with Gasteiger partial charge >= 0.3 is 0 Å². The molecule has 0 amide bonds. The Morgan fingerprint density at radius 2 is 2.47 bits per heavy atom. The van der Waals surface area contributed by atoms with Gasteiger partial charge in [0.2, 0.25) is 0 Å². The number of hydrogen-bond donors (Lipinski definition) is 0. The van der Waals surface area contributed by atoms with Crippen LogP contribution in [0.2, 0.25) is 0 Å². The molecule has 0 N–H and O–H groups in total. The third-order valence-electron chi connectivity index (χ3n) is 2.02. The highest BCUT2D eigenvalue weighted by Crippen LogP contribution is 2.08. The molecule has 0 saturated carbocycles. The average Bonchev–Trinajstić information content (AvgIpc) is 2.69. The number of aryl methyl sites for hydroxylation is 1. The molecule has 0 unspecified atom stereocenters. The van der Waals surface area contributed by atoms with Crippen LogP contribution in [0.25, 0.3) is 0 Å². The largest absolute Gasteiger partial charge is 0.373 e. The van der Waals surface area contributed by atoms with E-state index >= 15 is 0 Å². The Labute approximate surface area is 89.6 Å². The van der Waals surface area contributed by atoms with Crippen molar-refractivity contribution in [3.8, 4) is 0 Å². The highest BCUT2D eigenvalue weighted by molar-refractivity contribution is 5.49. The van der Waals surface area contributed by atoms with Crippen molar-refractivity contribution < 1.29 is 14.1 Å². The number of rotatable bonds is 8. The van der Waals surface area contributed by atoms with Gasteiger partial charge in [0, 0.05) is 12.5 Å². The molecule has 0 spiro atoms. The summed E-state index contributed by atoms with van der Waals surface area (Å²) < 4.78 is 10.3. The van der Waals surface area contributed by atoms with E-state index in [1.807, 2.05) is 6.07 Å². The summed E-state index contributed by atoms with van der Waals surface area (Å²) in [6.07, 6.45) is 4.49. The van der Waals surface area contributed by atoms with Gasteiger partial charge < -0.3 is 14.1 Å². The Bertz CT molecular complexity index is 283. The second-order valence-electron chi connectivity index (χ2n) is 3.40. The highest BCUT2D eigenvalue weighted by Gasteiger charge is 2.03. The van der Waals surface area contributed by atoms with Crippen molar-refractivity contribution in [2.24, 2.45) is 0 Å². The summed E-state index contributed by atoms with van der Waals surface area (Å²) in [7, 11) is 0. The van der Waals surface area contributed by atoms with Gasteiger partial charge in [0.05, 0.1) is 12.3 Å². The van der Waals surface area contributed by atoms with Crippen molar-refractivity contribution in [1.82, 2.24) is 5.16 Å². The van der Waals surface area contributed by atoms with Crippen LogP contribution in [0.4, 0.5) is 0 Å². The van der Waals surface area contributed by atoms with Crippen molar-refractivity contribution >= 4 is 6.29 Å². The maximum Gasteiger partial charge on any atom is 0.162 e. The molecule has 1 heterocycles. The Morgan fingerprint density at radius 3 is 3.20 bits per heavy atom. The molecule has 0 radical (unpaired) electrons. The van der Waals surface area contributed by atoms with Crippen molar-refractivity contribution in [3.05, 3.63) is 17.5 Å². The molecule has 1 rings (SSSR count). The summed E-state index contributed by atoms with van der Waals surface area (Å²) in [6, 6.07) is 1.91. The van der Waals surface area contributed by atoms with E-state index in [1.165, 1.54) is 0 Å². The van der Waals surface area contributed by atoms with Gasteiger partial charge in [0.15, 0.2) is 5.76 Å². The average molecular weight is 211 g/mol. The first kappa shape index (κ1) is 11.9. The third-order valence-corrected chi connectivity index (χ3v) is 2.02. The molecule has 0 saturated heterocycles. The first-order valence-electron chi connectivity index (χ1n) is 5.32. The van der Waals surface area contributed by atoms with E-state index in [4.69, 9.17) is 9.26 Å². The zero-order chi connectivity index (χ0) is 10.9. The minimum atomic E-state index is 0.396. The normalized spacial score (nSPS) is 10.5. The van der Waals surface area contributed by atoms with E-state index in [0.717, 1.165) is 37.0 Å². The van der Waals surface area contributed by atoms with Crippen LogP contribution in [-0.2, 0) is 22.6 Å². The number of hydrogen-bond acceptors (Lipinski definition) is 4. The quantitative estimate of drug-likeness (QED) is 0.488. The summed E-state index contributed by atoms with van der Waals surface area (Å²) in [4.78, 5) is 10.0. The van der Waals surface area contributed by atoms with Crippen LogP contribution in [-0.4, -0.2) is 18.0 Å². The fourth-order valence-electron chi connectivity index (χ4n) is 1.20. The monoisotopic (exact) mass is 211 g/mol. The maximum absolute atomic E-state index is 10.0. The summed E-state index contributed by atoms with van der Waals surface area (Å²) in [5.74, 6) is 0.729. The smallest absolute Gasteiger partial charge is 0.162 e. The van der Waals surface area contributed by atoms with Gasteiger partial charge in [-0.15, -0.1) is 0 Å². The molecule has 0 fully saturated rings. The van der Waals surface area contributed by atoms with Crippen LogP contribution >= 0.6 is 0 Å². The second-order valence-corrected chi connectivity index (χ2v) is 3.40. The standard InChI is InChI=1S/C11H17NO3/c1-2-3-5-10-8-11(15-12-10)9-14-7-4-6-13/h6,8H,2-5,7,9H2,1H3. The van der Waals surface area contributed by atoms with Crippen LogP contribution in [0.5, 0.6) is 0 Å². The summed E-state index contributed by atoms with van der Waals surface area (Å²) >= 11 is 0. The summed E-state index contributed by atoms with van der Waals surface area (Å²) in [5, 5.41) is 3.93. The molecule has 0 aliphatic heterocycles. The number of aromatic nitrogens is 1. The van der Waals surface area contributed by atoms with E-state index in [1.54, 1.807) is 0 Å². The van der Waals surface area contributed by atoms with Gasteiger partial charge in [-0.1, -0.05) is 18.5 Å². The predicted molar refractivity (Wildman–Crippen MR) is 55.5 cm³/mol. The molecular weight excluding hydrogens is 194 g/mol. The van der Waals surface area contributed by atoms with Gasteiger partial charge in [-0.25, -0.2) is 0 Å². The van der Waals surface area contributed by atoms with Crippen LogP contribution in [0, 0.1) is 0 Å². The Morgan fingerprint density at radius 1 is 1.60 bits per heavy atom. The van der Waals surface area contributed by atoms with E-state index < -0.39 is 0 Å². The SMILES string of the molecule is CCCCc1cc(COCCC=O)on1. The first-order chi connectivity index (χ1) is 7.36. The first-order valence-corrected chi connectivity index (χ1v) is 5.32. The molecule has 0 aliphatic rings. The van der Waals surface area contributed by atoms with Gasteiger partial charge in [-0.05, 0) is 12.8 Å². The molecule has 0 aliphatic carbocycles. The predicted octanol–water partition coefficient (Wildman–Crippen LogP) is 2.12. The molecule has 0 bridgehead atoms. The van der Waals surface area contributed by atoms with Gasteiger partial charge in [-0.3, -0.25) is 0 Å². The molecular formula is C11H17NO3. The lowest BCUT2D eigenvalue weighted by Crippen LogP contribution is -1.94. The molecule has 4 heteroatoms. The minimum absolute atomic E-state index is 0.396. The van der Waals surface area contributed by atoms with Gasteiger partial charge in [-0.2, -0.15) is 0 Å². The Hall–Kier alpha value is -1.16. The fourth-order valence-corrected chi connectivity index (χ4v) is 1.20.